The third-order valence-corrected chi connectivity index (χ3v) is 3.82. The average Bonchev–Trinajstić information content (AvgIpc) is 2.64. The van der Waals surface area contributed by atoms with Crippen molar-refractivity contribution >= 4 is 17.4 Å². The molecule has 26 heavy (non-hydrogen) atoms. The summed E-state index contributed by atoms with van der Waals surface area (Å²) in [6.45, 7) is 2.52. The molecule has 0 aliphatic heterocycles. The lowest BCUT2D eigenvalue weighted by Crippen LogP contribution is -2.16. The van der Waals surface area contributed by atoms with Crippen molar-refractivity contribution in [1.82, 2.24) is 9.97 Å². The van der Waals surface area contributed by atoms with E-state index in [9.17, 15) is 13.6 Å². The van der Waals surface area contributed by atoms with Crippen LogP contribution in [-0.4, -0.2) is 15.9 Å². The monoisotopic (exact) mass is 354 g/mol. The summed E-state index contributed by atoms with van der Waals surface area (Å²) >= 11 is 0. The molecule has 3 aromatic rings. The highest BCUT2D eigenvalue weighted by atomic mass is 19.1. The summed E-state index contributed by atoms with van der Waals surface area (Å²) in [7, 11) is 0. The van der Waals surface area contributed by atoms with Crippen LogP contribution in [0.5, 0.6) is 0 Å². The highest BCUT2D eigenvalue weighted by Crippen LogP contribution is 2.19. The average molecular weight is 354 g/mol. The van der Waals surface area contributed by atoms with Crippen LogP contribution in [0.15, 0.2) is 54.9 Å². The van der Waals surface area contributed by atoms with Gasteiger partial charge in [-0.1, -0.05) is 30.3 Å². The second-order valence-electron chi connectivity index (χ2n) is 5.62. The smallest absolute Gasteiger partial charge is 0.274 e. The van der Waals surface area contributed by atoms with Gasteiger partial charge in [-0.2, -0.15) is 0 Å². The number of halogens is 2. The third kappa shape index (κ3) is 4.00. The van der Waals surface area contributed by atoms with Gasteiger partial charge < -0.3 is 10.6 Å². The Labute approximate surface area is 149 Å². The van der Waals surface area contributed by atoms with Gasteiger partial charge in [0.1, 0.15) is 35.2 Å². The number of carbonyl (C=O) groups is 1. The summed E-state index contributed by atoms with van der Waals surface area (Å²) in [5, 5.41) is 5.30. The molecule has 0 unspecified atom stereocenters. The summed E-state index contributed by atoms with van der Waals surface area (Å²) in [4.78, 5) is 20.2. The number of para-hydroxylation sites is 1. The molecule has 5 nitrogen and oxygen atoms in total. The number of hydrogen-bond acceptors (Lipinski definition) is 4. The van der Waals surface area contributed by atoms with Gasteiger partial charge in [0.15, 0.2) is 0 Å². The van der Waals surface area contributed by atoms with Gasteiger partial charge in [0.25, 0.3) is 5.91 Å². The van der Waals surface area contributed by atoms with Gasteiger partial charge >= 0.3 is 0 Å². The quantitative estimate of drug-likeness (QED) is 0.729. The molecule has 2 N–H and O–H groups in total. The zero-order chi connectivity index (χ0) is 18.5. The fourth-order valence-corrected chi connectivity index (χ4v) is 2.37. The number of hydrogen-bond donors (Lipinski definition) is 2. The zero-order valence-corrected chi connectivity index (χ0v) is 14.0. The van der Waals surface area contributed by atoms with Crippen molar-refractivity contribution in [3.05, 3.63) is 83.3 Å². The minimum Gasteiger partial charge on any atom is -0.366 e. The van der Waals surface area contributed by atoms with Crippen LogP contribution < -0.4 is 10.6 Å². The Kier molecular flexibility index (Phi) is 5.17. The van der Waals surface area contributed by atoms with Crippen molar-refractivity contribution in [3.63, 3.8) is 0 Å². The largest absolute Gasteiger partial charge is 0.366 e. The van der Waals surface area contributed by atoms with Gasteiger partial charge in [-0.15, -0.1) is 0 Å². The van der Waals surface area contributed by atoms with Crippen LogP contribution in [0, 0.1) is 18.6 Å². The van der Waals surface area contributed by atoms with Gasteiger partial charge in [-0.05, 0) is 30.2 Å². The third-order valence-electron chi connectivity index (χ3n) is 3.82. The Bertz CT molecular complexity index is 926. The van der Waals surface area contributed by atoms with Gasteiger partial charge in [0.05, 0.1) is 0 Å². The molecule has 0 saturated heterocycles. The van der Waals surface area contributed by atoms with Crippen molar-refractivity contribution in [3.8, 4) is 0 Å². The van der Waals surface area contributed by atoms with Gasteiger partial charge in [-0.25, -0.2) is 18.7 Å². The van der Waals surface area contributed by atoms with Gasteiger partial charge in [0, 0.05) is 12.6 Å². The first-order chi connectivity index (χ1) is 12.5. The number of benzene rings is 2. The maximum atomic E-state index is 13.7. The number of anilines is 2. The van der Waals surface area contributed by atoms with E-state index in [-0.39, 0.29) is 5.69 Å². The van der Waals surface area contributed by atoms with E-state index in [1.807, 2.05) is 31.2 Å². The maximum Gasteiger partial charge on any atom is 0.274 e. The maximum absolute atomic E-state index is 13.7. The standard InChI is InChI=1S/C19H16F2N4O/c1-12-5-2-3-6-13(12)10-22-17-9-16(23-11-24-17)19(26)25-18-14(20)7-4-8-15(18)21/h2-9,11H,10H2,1H3,(H,25,26)(H,22,23,24). The molecule has 7 heteroatoms. The summed E-state index contributed by atoms with van der Waals surface area (Å²) in [5.41, 5.74) is 1.70. The Hall–Kier alpha value is -3.35. The zero-order valence-electron chi connectivity index (χ0n) is 14.0. The molecule has 0 atom stereocenters. The Morgan fingerprint density at radius 3 is 2.50 bits per heavy atom. The summed E-state index contributed by atoms with van der Waals surface area (Å²) in [5.74, 6) is -2.01. The molecule has 0 bridgehead atoms. The number of aryl methyl sites for hydroxylation is 1. The van der Waals surface area contributed by atoms with Crippen molar-refractivity contribution in [1.29, 1.82) is 0 Å². The molecule has 0 aliphatic carbocycles. The molecule has 1 amide bonds. The van der Waals surface area contributed by atoms with Crippen molar-refractivity contribution in [2.75, 3.05) is 10.6 Å². The molecule has 0 aliphatic rings. The lowest BCUT2D eigenvalue weighted by Gasteiger charge is -2.10. The number of aromatic nitrogens is 2. The summed E-state index contributed by atoms with van der Waals surface area (Å²) < 4.78 is 27.3. The van der Waals surface area contributed by atoms with Crippen LogP contribution in [0.4, 0.5) is 20.3 Å². The molecular weight excluding hydrogens is 338 g/mol. The van der Waals surface area contributed by atoms with Crippen LogP contribution in [0.3, 0.4) is 0 Å². The first-order valence-corrected chi connectivity index (χ1v) is 7.90. The van der Waals surface area contributed by atoms with Crippen LogP contribution >= 0.6 is 0 Å². The van der Waals surface area contributed by atoms with Crippen LogP contribution in [-0.2, 0) is 6.54 Å². The second-order valence-corrected chi connectivity index (χ2v) is 5.62. The highest BCUT2D eigenvalue weighted by Gasteiger charge is 2.15. The lowest BCUT2D eigenvalue weighted by atomic mass is 10.1. The molecule has 0 spiro atoms. The number of nitrogens with one attached hydrogen (secondary N) is 2. The SMILES string of the molecule is Cc1ccccc1CNc1cc(C(=O)Nc2c(F)cccc2F)ncn1. The minimum absolute atomic E-state index is 0.00469. The number of rotatable bonds is 5. The summed E-state index contributed by atoms with van der Waals surface area (Å²) in [6, 6.07) is 12.6. The van der Waals surface area contributed by atoms with E-state index < -0.39 is 23.2 Å². The topological polar surface area (TPSA) is 66.9 Å². The number of amides is 1. The van der Waals surface area contributed by atoms with Crippen molar-refractivity contribution in [2.24, 2.45) is 0 Å². The Morgan fingerprint density at radius 1 is 1.04 bits per heavy atom. The van der Waals surface area contributed by atoms with Crippen LogP contribution in [0.2, 0.25) is 0 Å². The molecule has 0 radical (unpaired) electrons. The number of nitrogens with zero attached hydrogens (tertiary/aromatic N) is 2. The van der Waals surface area contributed by atoms with Crippen LogP contribution in [0.1, 0.15) is 21.6 Å². The van der Waals surface area contributed by atoms with E-state index in [2.05, 4.69) is 20.6 Å². The van der Waals surface area contributed by atoms with Gasteiger partial charge in [0.2, 0.25) is 0 Å². The summed E-state index contributed by atoms with van der Waals surface area (Å²) in [6.07, 6.45) is 1.22. The first-order valence-electron chi connectivity index (χ1n) is 7.90. The van der Waals surface area contributed by atoms with E-state index in [1.54, 1.807) is 0 Å². The molecular formula is C19H16F2N4O. The molecule has 3 rings (SSSR count). The predicted octanol–water partition coefficient (Wildman–Crippen LogP) is 3.93. The molecule has 0 fully saturated rings. The Morgan fingerprint density at radius 2 is 1.77 bits per heavy atom. The Balaban J connectivity index is 1.72. The van der Waals surface area contributed by atoms with E-state index in [0.717, 1.165) is 23.3 Å². The lowest BCUT2D eigenvalue weighted by molar-refractivity contribution is 0.102. The fraction of sp³-hybridized carbons (Fsp3) is 0.105. The van der Waals surface area contributed by atoms with Crippen LogP contribution in [0.25, 0.3) is 0 Å². The highest BCUT2D eigenvalue weighted by molar-refractivity contribution is 6.03. The molecule has 2 aromatic carbocycles. The van der Waals surface area contributed by atoms with E-state index in [1.165, 1.54) is 18.5 Å². The molecule has 132 valence electrons. The van der Waals surface area contributed by atoms with Gasteiger partial charge in [-0.3, -0.25) is 4.79 Å². The normalized spacial score (nSPS) is 10.4. The molecule has 1 aromatic heterocycles. The first kappa shape index (κ1) is 17.5. The van der Waals surface area contributed by atoms with Crippen molar-refractivity contribution < 1.29 is 13.6 Å². The number of carbonyl (C=O) groups excluding carboxylic acids is 1. The van der Waals surface area contributed by atoms with E-state index >= 15 is 0 Å². The van der Waals surface area contributed by atoms with E-state index in [4.69, 9.17) is 0 Å². The molecule has 0 saturated carbocycles. The fourth-order valence-electron chi connectivity index (χ4n) is 2.37. The second kappa shape index (κ2) is 7.69. The van der Waals surface area contributed by atoms with Crippen molar-refractivity contribution in [2.45, 2.75) is 13.5 Å². The molecule has 1 heterocycles. The predicted molar refractivity (Wildman–Crippen MR) is 94.8 cm³/mol. The minimum atomic E-state index is -0.856. The van der Waals surface area contributed by atoms with E-state index in [0.29, 0.717) is 12.4 Å².